The van der Waals surface area contributed by atoms with Gasteiger partial charge in [0.2, 0.25) is 0 Å². The lowest BCUT2D eigenvalue weighted by atomic mass is 9.95. The molecule has 0 bridgehead atoms. The van der Waals surface area contributed by atoms with E-state index in [4.69, 9.17) is 14.4 Å². The van der Waals surface area contributed by atoms with Gasteiger partial charge in [-0.05, 0) is 38.1 Å². The van der Waals surface area contributed by atoms with E-state index in [1.807, 2.05) is 24.3 Å². The first kappa shape index (κ1) is 23.0. The first-order valence-corrected chi connectivity index (χ1v) is 9.55. The number of halogens is 3. The van der Waals surface area contributed by atoms with Crippen LogP contribution in [-0.4, -0.2) is 56.1 Å². The first-order valence-electron chi connectivity index (χ1n) is 9.55. The number of pyridine rings is 1. The number of amides is 2. The second-order valence-corrected chi connectivity index (χ2v) is 6.79. The number of aromatic nitrogens is 4. The Labute approximate surface area is 179 Å². The van der Waals surface area contributed by atoms with Crippen LogP contribution < -0.4 is 16.0 Å². The minimum Gasteiger partial charge on any atom is -0.475 e. The number of nitrogens with zero attached hydrogens (tertiary/aromatic N) is 4. The number of carbonyl (C=O) groups is 2. The number of carboxylic acids is 1. The van der Waals surface area contributed by atoms with Crippen molar-refractivity contribution in [2.24, 2.45) is 0 Å². The lowest BCUT2D eigenvalue weighted by Crippen LogP contribution is -2.28. The van der Waals surface area contributed by atoms with Crippen LogP contribution in [0.4, 0.5) is 23.9 Å². The van der Waals surface area contributed by atoms with E-state index in [-0.39, 0.29) is 12.5 Å². The number of nitrogens with one attached hydrogen (secondary N) is 3. The summed E-state index contributed by atoms with van der Waals surface area (Å²) in [5.41, 5.74) is 1.63. The summed E-state index contributed by atoms with van der Waals surface area (Å²) in [6, 6.07) is 7.04. The van der Waals surface area contributed by atoms with Crippen molar-refractivity contribution in [1.82, 2.24) is 30.4 Å². The zero-order valence-corrected chi connectivity index (χ0v) is 16.6. The highest BCUT2D eigenvalue weighted by molar-refractivity contribution is 5.87. The van der Waals surface area contributed by atoms with E-state index in [0.29, 0.717) is 17.3 Å². The molecule has 1 aliphatic rings. The molecule has 4 N–H and O–H groups in total. The molecule has 14 heteroatoms. The Hall–Kier alpha value is -3.68. The Morgan fingerprint density at radius 2 is 2.00 bits per heavy atom. The minimum atomic E-state index is -5.08. The van der Waals surface area contributed by atoms with E-state index >= 15 is 0 Å². The van der Waals surface area contributed by atoms with Gasteiger partial charge >= 0.3 is 18.2 Å². The molecule has 0 aromatic carbocycles. The zero-order valence-electron chi connectivity index (χ0n) is 16.6. The number of aliphatic carboxylic acids is 1. The van der Waals surface area contributed by atoms with Crippen LogP contribution in [0.5, 0.6) is 0 Å². The second-order valence-electron chi connectivity index (χ2n) is 6.79. The van der Waals surface area contributed by atoms with Gasteiger partial charge in [0.05, 0.1) is 12.2 Å². The van der Waals surface area contributed by atoms with E-state index in [1.165, 1.54) is 0 Å². The molecule has 11 nitrogen and oxygen atoms in total. The molecule has 3 aromatic heterocycles. The van der Waals surface area contributed by atoms with Crippen molar-refractivity contribution in [3.05, 3.63) is 41.9 Å². The molecular weight excluding hydrogens is 435 g/mol. The van der Waals surface area contributed by atoms with Crippen LogP contribution in [0.15, 0.2) is 35.0 Å². The van der Waals surface area contributed by atoms with Gasteiger partial charge in [-0.25, -0.2) is 14.1 Å². The van der Waals surface area contributed by atoms with Gasteiger partial charge in [0, 0.05) is 18.2 Å². The molecule has 2 amide bonds. The van der Waals surface area contributed by atoms with Gasteiger partial charge in [0.1, 0.15) is 0 Å². The third-order valence-electron chi connectivity index (χ3n) is 4.47. The minimum absolute atomic E-state index is 0.247. The SMILES string of the molecule is O=C(NCc1cc(C2CCNCC2)no1)Nc1nc2ccccn2n1.O=C(O)C(F)(F)F. The number of alkyl halides is 3. The highest BCUT2D eigenvalue weighted by Gasteiger charge is 2.38. The number of carbonyl (C=O) groups excluding carboxylic acids is 1. The molecule has 0 saturated carbocycles. The Morgan fingerprint density at radius 3 is 2.66 bits per heavy atom. The Bertz CT molecular complexity index is 1030. The summed E-state index contributed by atoms with van der Waals surface area (Å²) >= 11 is 0. The number of anilines is 1. The maximum Gasteiger partial charge on any atom is 0.490 e. The van der Waals surface area contributed by atoms with Crippen LogP contribution in [0.25, 0.3) is 5.65 Å². The fourth-order valence-corrected chi connectivity index (χ4v) is 2.92. The largest absolute Gasteiger partial charge is 0.490 e. The molecule has 0 unspecified atom stereocenters. The molecule has 0 spiro atoms. The van der Waals surface area contributed by atoms with E-state index in [2.05, 4.69) is 31.2 Å². The number of fused-ring (bicyclic) bond motifs is 1. The van der Waals surface area contributed by atoms with E-state index < -0.39 is 18.2 Å². The Balaban J connectivity index is 0.000000360. The molecule has 0 aliphatic carbocycles. The smallest absolute Gasteiger partial charge is 0.475 e. The summed E-state index contributed by atoms with van der Waals surface area (Å²) in [5, 5.41) is 24.1. The summed E-state index contributed by atoms with van der Waals surface area (Å²) < 4.78 is 38.6. The van der Waals surface area contributed by atoms with Crippen molar-refractivity contribution in [3.63, 3.8) is 0 Å². The van der Waals surface area contributed by atoms with Crippen molar-refractivity contribution in [3.8, 4) is 0 Å². The monoisotopic (exact) mass is 455 g/mol. The lowest BCUT2D eigenvalue weighted by Gasteiger charge is -2.19. The van der Waals surface area contributed by atoms with Crippen LogP contribution in [-0.2, 0) is 11.3 Å². The fourth-order valence-electron chi connectivity index (χ4n) is 2.92. The van der Waals surface area contributed by atoms with Gasteiger partial charge in [-0.1, -0.05) is 11.2 Å². The highest BCUT2D eigenvalue weighted by Crippen LogP contribution is 2.24. The second kappa shape index (κ2) is 10.1. The molecule has 1 fully saturated rings. The average Bonchev–Trinajstić information content (AvgIpc) is 3.39. The third-order valence-corrected chi connectivity index (χ3v) is 4.47. The molecule has 172 valence electrons. The topological polar surface area (TPSA) is 147 Å². The number of hydrogen-bond donors (Lipinski definition) is 4. The quantitative estimate of drug-likeness (QED) is 0.468. The van der Waals surface area contributed by atoms with Gasteiger partial charge < -0.3 is 20.3 Å². The van der Waals surface area contributed by atoms with Crippen molar-refractivity contribution >= 4 is 23.6 Å². The van der Waals surface area contributed by atoms with E-state index in [9.17, 15) is 18.0 Å². The van der Waals surface area contributed by atoms with Crippen LogP contribution in [0.3, 0.4) is 0 Å². The number of carboxylic acid groups (broad SMARTS) is 1. The third kappa shape index (κ3) is 6.41. The van der Waals surface area contributed by atoms with Crippen LogP contribution in [0.1, 0.15) is 30.2 Å². The predicted molar refractivity (Wildman–Crippen MR) is 104 cm³/mol. The number of urea groups is 1. The van der Waals surface area contributed by atoms with Gasteiger partial charge in [0.25, 0.3) is 5.95 Å². The molecule has 0 radical (unpaired) electrons. The molecular formula is C18H20F3N7O4. The molecule has 32 heavy (non-hydrogen) atoms. The average molecular weight is 455 g/mol. The van der Waals surface area contributed by atoms with Crippen molar-refractivity contribution in [2.45, 2.75) is 31.5 Å². The molecule has 4 rings (SSSR count). The Morgan fingerprint density at radius 1 is 1.28 bits per heavy atom. The zero-order chi connectivity index (χ0) is 23.1. The van der Waals surface area contributed by atoms with Gasteiger partial charge in [-0.3, -0.25) is 5.32 Å². The van der Waals surface area contributed by atoms with Crippen LogP contribution in [0.2, 0.25) is 0 Å². The Kier molecular flexibility index (Phi) is 7.25. The number of hydrogen-bond acceptors (Lipinski definition) is 7. The maximum atomic E-state index is 12.0. The van der Waals surface area contributed by atoms with Gasteiger partial charge in [-0.2, -0.15) is 18.2 Å². The van der Waals surface area contributed by atoms with E-state index in [0.717, 1.165) is 31.6 Å². The standard InChI is InChI=1S/C16H19N7O2.C2HF3O2/c24-16(20-15-19-14-3-1-2-8-23(14)21-15)18-10-12-9-13(22-25-12)11-4-6-17-7-5-11;3-2(4,5)1(6)7/h1-3,8-9,11,17H,4-7,10H2,(H2,18,20,21,24);(H,6,7). The summed E-state index contributed by atoms with van der Waals surface area (Å²) in [6.45, 7) is 2.26. The maximum absolute atomic E-state index is 12.0. The molecule has 4 heterocycles. The molecule has 1 saturated heterocycles. The highest BCUT2D eigenvalue weighted by atomic mass is 19.4. The molecule has 1 aliphatic heterocycles. The van der Waals surface area contributed by atoms with Gasteiger partial charge in [-0.15, -0.1) is 5.10 Å². The first-order chi connectivity index (χ1) is 15.2. The summed E-state index contributed by atoms with van der Waals surface area (Å²) in [7, 11) is 0. The van der Waals surface area contributed by atoms with Crippen LogP contribution in [0, 0.1) is 0 Å². The van der Waals surface area contributed by atoms with Crippen molar-refractivity contribution in [2.75, 3.05) is 18.4 Å². The van der Waals surface area contributed by atoms with Crippen molar-refractivity contribution < 1.29 is 32.4 Å². The van der Waals surface area contributed by atoms with Gasteiger partial charge in [0.15, 0.2) is 11.4 Å². The summed E-state index contributed by atoms with van der Waals surface area (Å²) in [4.78, 5) is 25.1. The molecule has 3 aromatic rings. The number of piperidine rings is 1. The van der Waals surface area contributed by atoms with E-state index in [1.54, 1.807) is 10.7 Å². The lowest BCUT2D eigenvalue weighted by molar-refractivity contribution is -0.192. The predicted octanol–water partition coefficient (Wildman–Crippen LogP) is 2.14. The van der Waals surface area contributed by atoms with Crippen LogP contribution >= 0.6 is 0 Å². The number of rotatable bonds is 4. The van der Waals surface area contributed by atoms with Crippen molar-refractivity contribution in [1.29, 1.82) is 0 Å². The fraction of sp³-hybridized carbons (Fsp3) is 0.389. The summed E-state index contributed by atoms with van der Waals surface area (Å²) in [5.74, 6) is -1.45. The molecule has 0 atom stereocenters. The summed E-state index contributed by atoms with van der Waals surface area (Å²) in [6.07, 6.45) is -1.21. The normalized spacial score (nSPS) is 14.5.